The van der Waals surface area contributed by atoms with E-state index in [1.54, 1.807) is 0 Å². The molecule has 15 heavy (non-hydrogen) atoms. The molecule has 0 spiro atoms. The van der Waals surface area contributed by atoms with Gasteiger partial charge in [-0.3, -0.25) is 0 Å². The van der Waals surface area contributed by atoms with Crippen LogP contribution in [0, 0.1) is 5.92 Å². The second kappa shape index (κ2) is 5.86. The first-order valence-electron chi connectivity index (χ1n) is 6.61. The maximum absolute atomic E-state index is 6.37. The smallest absolute Gasteiger partial charge is 0.0278 e. The SMILES string of the molecule is CCC(N)(CC)CN1CCCC(C)CC1. The molecule has 0 aromatic rings. The summed E-state index contributed by atoms with van der Waals surface area (Å²) in [5, 5.41) is 0. The first-order valence-corrected chi connectivity index (χ1v) is 6.61. The van der Waals surface area contributed by atoms with Crippen molar-refractivity contribution in [1.82, 2.24) is 4.90 Å². The van der Waals surface area contributed by atoms with E-state index in [-0.39, 0.29) is 5.54 Å². The van der Waals surface area contributed by atoms with Gasteiger partial charge in [-0.15, -0.1) is 0 Å². The fourth-order valence-corrected chi connectivity index (χ4v) is 2.40. The maximum atomic E-state index is 6.37. The predicted octanol–water partition coefficient (Wildman–Crippen LogP) is 2.63. The Labute approximate surface area is 95.2 Å². The maximum Gasteiger partial charge on any atom is 0.0278 e. The molecule has 0 aromatic heterocycles. The third-order valence-corrected chi connectivity index (χ3v) is 4.06. The van der Waals surface area contributed by atoms with E-state index in [1.807, 2.05) is 0 Å². The number of nitrogens with two attached hydrogens (primary N) is 1. The summed E-state index contributed by atoms with van der Waals surface area (Å²) in [5.74, 6) is 0.908. The Hall–Kier alpha value is -0.0800. The number of likely N-dealkylation sites (tertiary alicyclic amines) is 1. The van der Waals surface area contributed by atoms with Crippen LogP contribution >= 0.6 is 0 Å². The lowest BCUT2D eigenvalue weighted by molar-refractivity contribution is 0.203. The second-order valence-electron chi connectivity index (χ2n) is 5.38. The summed E-state index contributed by atoms with van der Waals surface area (Å²) in [6, 6.07) is 0. The number of hydrogen-bond acceptors (Lipinski definition) is 2. The van der Waals surface area contributed by atoms with E-state index in [9.17, 15) is 0 Å². The molecule has 1 unspecified atom stereocenters. The molecule has 0 bridgehead atoms. The van der Waals surface area contributed by atoms with E-state index < -0.39 is 0 Å². The van der Waals surface area contributed by atoms with Crippen LogP contribution in [0.5, 0.6) is 0 Å². The van der Waals surface area contributed by atoms with Crippen molar-refractivity contribution < 1.29 is 0 Å². The lowest BCUT2D eigenvalue weighted by Gasteiger charge is -2.33. The molecule has 2 N–H and O–H groups in total. The fraction of sp³-hybridized carbons (Fsp3) is 1.00. The molecule has 1 atom stereocenters. The van der Waals surface area contributed by atoms with E-state index >= 15 is 0 Å². The summed E-state index contributed by atoms with van der Waals surface area (Å²) in [7, 11) is 0. The van der Waals surface area contributed by atoms with E-state index in [4.69, 9.17) is 5.73 Å². The van der Waals surface area contributed by atoms with Crippen molar-refractivity contribution in [3.05, 3.63) is 0 Å². The molecule has 90 valence electrons. The zero-order valence-electron chi connectivity index (χ0n) is 10.8. The minimum absolute atomic E-state index is 0.0492. The van der Waals surface area contributed by atoms with Gasteiger partial charge in [-0.2, -0.15) is 0 Å². The highest BCUT2D eigenvalue weighted by atomic mass is 15.1. The van der Waals surface area contributed by atoms with Crippen LogP contribution in [0.25, 0.3) is 0 Å². The summed E-state index contributed by atoms with van der Waals surface area (Å²) in [4.78, 5) is 2.58. The molecular weight excluding hydrogens is 184 g/mol. The summed E-state index contributed by atoms with van der Waals surface area (Å²) >= 11 is 0. The van der Waals surface area contributed by atoms with Crippen LogP contribution in [0.1, 0.15) is 52.9 Å². The van der Waals surface area contributed by atoms with Crippen LogP contribution in [0.15, 0.2) is 0 Å². The molecular formula is C13H28N2. The van der Waals surface area contributed by atoms with Crippen molar-refractivity contribution >= 4 is 0 Å². The fourth-order valence-electron chi connectivity index (χ4n) is 2.40. The molecule has 2 nitrogen and oxygen atoms in total. The Morgan fingerprint density at radius 1 is 1.20 bits per heavy atom. The zero-order valence-corrected chi connectivity index (χ0v) is 10.8. The largest absolute Gasteiger partial charge is 0.324 e. The van der Waals surface area contributed by atoms with Crippen LogP contribution in [0.4, 0.5) is 0 Å². The van der Waals surface area contributed by atoms with Crippen molar-refractivity contribution in [2.24, 2.45) is 11.7 Å². The first kappa shape index (κ1) is 13.0. The quantitative estimate of drug-likeness (QED) is 0.776. The van der Waals surface area contributed by atoms with Crippen LogP contribution in [0.2, 0.25) is 0 Å². The van der Waals surface area contributed by atoms with Gasteiger partial charge in [0.2, 0.25) is 0 Å². The van der Waals surface area contributed by atoms with Gasteiger partial charge in [0.1, 0.15) is 0 Å². The van der Waals surface area contributed by atoms with E-state index in [2.05, 4.69) is 25.7 Å². The van der Waals surface area contributed by atoms with Crippen molar-refractivity contribution in [2.75, 3.05) is 19.6 Å². The molecule has 0 radical (unpaired) electrons. The minimum Gasteiger partial charge on any atom is -0.324 e. The summed E-state index contributed by atoms with van der Waals surface area (Å²) in [5.41, 5.74) is 6.42. The van der Waals surface area contributed by atoms with Crippen LogP contribution < -0.4 is 5.73 Å². The van der Waals surface area contributed by atoms with Crippen molar-refractivity contribution in [3.63, 3.8) is 0 Å². The molecule has 1 aliphatic rings. The Morgan fingerprint density at radius 2 is 1.87 bits per heavy atom. The van der Waals surface area contributed by atoms with E-state index in [0.29, 0.717) is 0 Å². The van der Waals surface area contributed by atoms with Crippen molar-refractivity contribution in [1.29, 1.82) is 0 Å². The first-order chi connectivity index (χ1) is 7.09. The summed E-state index contributed by atoms with van der Waals surface area (Å²) in [6.07, 6.45) is 6.28. The molecule has 1 aliphatic heterocycles. The van der Waals surface area contributed by atoms with Crippen molar-refractivity contribution in [2.45, 2.75) is 58.4 Å². The van der Waals surface area contributed by atoms with Gasteiger partial charge in [-0.25, -0.2) is 0 Å². The molecule has 1 fully saturated rings. The Morgan fingerprint density at radius 3 is 2.47 bits per heavy atom. The Kier molecular flexibility index (Phi) is 5.07. The standard InChI is InChI=1S/C13H28N2/c1-4-13(14,5-2)11-15-9-6-7-12(3)8-10-15/h12H,4-11,14H2,1-3H3. The van der Waals surface area contributed by atoms with Crippen molar-refractivity contribution in [3.8, 4) is 0 Å². The number of hydrogen-bond donors (Lipinski definition) is 1. The number of nitrogens with zero attached hydrogens (tertiary/aromatic N) is 1. The lowest BCUT2D eigenvalue weighted by atomic mass is 9.93. The molecule has 1 saturated heterocycles. The third-order valence-electron chi connectivity index (χ3n) is 4.06. The Balaban J connectivity index is 2.43. The monoisotopic (exact) mass is 212 g/mol. The molecule has 0 aliphatic carbocycles. The van der Waals surface area contributed by atoms with Gasteiger partial charge in [0.15, 0.2) is 0 Å². The Bertz CT molecular complexity index is 175. The van der Waals surface area contributed by atoms with Gasteiger partial charge < -0.3 is 10.6 Å². The minimum atomic E-state index is 0.0492. The topological polar surface area (TPSA) is 29.3 Å². The molecule has 0 aromatic carbocycles. The lowest BCUT2D eigenvalue weighted by Crippen LogP contribution is -2.49. The van der Waals surface area contributed by atoms with E-state index in [0.717, 1.165) is 25.3 Å². The molecule has 1 rings (SSSR count). The molecule has 1 heterocycles. The van der Waals surface area contributed by atoms with Crippen LogP contribution in [-0.4, -0.2) is 30.1 Å². The van der Waals surface area contributed by atoms with Gasteiger partial charge in [0, 0.05) is 12.1 Å². The van der Waals surface area contributed by atoms with Gasteiger partial charge in [0.25, 0.3) is 0 Å². The normalized spacial score (nSPS) is 25.2. The molecule has 0 amide bonds. The van der Waals surface area contributed by atoms with E-state index in [1.165, 1.54) is 32.4 Å². The van der Waals surface area contributed by atoms with Crippen LogP contribution in [-0.2, 0) is 0 Å². The summed E-state index contributed by atoms with van der Waals surface area (Å²) < 4.78 is 0. The average molecular weight is 212 g/mol. The highest BCUT2D eigenvalue weighted by Gasteiger charge is 2.24. The summed E-state index contributed by atoms with van der Waals surface area (Å²) in [6.45, 7) is 10.4. The highest BCUT2D eigenvalue weighted by molar-refractivity contribution is 4.85. The zero-order chi connectivity index (χ0) is 11.3. The molecule has 0 saturated carbocycles. The molecule has 2 heteroatoms. The van der Waals surface area contributed by atoms with Gasteiger partial charge >= 0.3 is 0 Å². The number of rotatable bonds is 4. The highest BCUT2D eigenvalue weighted by Crippen LogP contribution is 2.20. The van der Waals surface area contributed by atoms with Gasteiger partial charge in [-0.05, 0) is 51.1 Å². The van der Waals surface area contributed by atoms with Gasteiger partial charge in [0.05, 0.1) is 0 Å². The third kappa shape index (κ3) is 4.12. The average Bonchev–Trinajstić information content (AvgIpc) is 2.44. The predicted molar refractivity (Wildman–Crippen MR) is 67.0 cm³/mol. The van der Waals surface area contributed by atoms with Gasteiger partial charge in [-0.1, -0.05) is 20.8 Å². The second-order valence-corrected chi connectivity index (χ2v) is 5.38. The van der Waals surface area contributed by atoms with Crippen LogP contribution in [0.3, 0.4) is 0 Å².